The van der Waals surface area contributed by atoms with Crippen LogP contribution >= 0.6 is 23.5 Å². The number of fused-ring (bicyclic) bond motifs is 1. The van der Waals surface area contributed by atoms with Gasteiger partial charge in [0.2, 0.25) is 0 Å². The third-order valence-corrected chi connectivity index (χ3v) is 3.45. The summed E-state index contributed by atoms with van der Waals surface area (Å²) in [7, 11) is 0. The van der Waals surface area contributed by atoms with Gasteiger partial charge in [-0.3, -0.25) is 4.72 Å². The summed E-state index contributed by atoms with van der Waals surface area (Å²) in [5.41, 5.74) is 0.814. The lowest BCUT2D eigenvalue weighted by molar-refractivity contribution is 0.279. The summed E-state index contributed by atoms with van der Waals surface area (Å²) in [6.07, 6.45) is 4.25. The quantitative estimate of drug-likeness (QED) is 0.652. The zero-order chi connectivity index (χ0) is 11.0. The Morgan fingerprint density at radius 1 is 1.56 bits per heavy atom. The van der Waals surface area contributed by atoms with Crippen molar-refractivity contribution >= 4 is 35.3 Å². The van der Waals surface area contributed by atoms with Gasteiger partial charge < -0.3 is 4.74 Å². The van der Waals surface area contributed by atoms with Crippen molar-refractivity contribution in [3.05, 3.63) is 17.4 Å². The van der Waals surface area contributed by atoms with Crippen molar-refractivity contribution < 1.29 is 4.74 Å². The van der Waals surface area contributed by atoms with Crippen LogP contribution in [0.3, 0.4) is 0 Å². The maximum Gasteiger partial charge on any atom is 0.300 e. The summed E-state index contributed by atoms with van der Waals surface area (Å²) in [6.45, 7) is 0.751. The fourth-order valence-corrected chi connectivity index (χ4v) is 2.12. The minimum Gasteiger partial charge on any atom is -0.464 e. The Balaban J connectivity index is 1.76. The van der Waals surface area contributed by atoms with Crippen molar-refractivity contribution in [2.45, 2.75) is 17.7 Å². The van der Waals surface area contributed by atoms with Gasteiger partial charge in [0.1, 0.15) is 5.15 Å². The van der Waals surface area contributed by atoms with E-state index in [4.69, 9.17) is 16.3 Å². The fourth-order valence-electron chi connectivity index (χ4n) is 1.35. The van der Waals surface area contributed by atoms with Crippen LogP contribution in [0.5, 0.6) is 0 Å². The van der Waals surface area contributed by atoms with Gasteiger partial charge in [-0.05, 0) is 30.7 Å². The molecule has 0 radical (unpaired) electrons. The summed E-state index contributed by atoms with van der Waals surface area (Å²) in [5.74, 6) is 0.719. The van der Waals surface area contributed by atoms with E-state index in [1.807, 2.05) is 0 Å². The Morgan fingerprint density at radius 2 is 2.44 bits per heavy atom. The van der Waals surface area contributed by atoms with E-state index >= 15 is 0 Å². The van der Waals surface area contributed by atoms with Crippen LogP contribution in [-0.2, 0) is 4.74 Å². The Bertz CT molecular complexity index is 448. The van der Waals surface area contributed by atoms with Crippen LogP contribution in [0.15, 0.2) is 22.2 Å². The number of nitrogens with zero attached hydrogens (tertiary/aromatic N) is 2. The lowest BCUT2D eigenvalue weighted by Crippen LogP contribution is -2.22. The van der Waals surface area contributed by atoms with E-state index in [2.05, 4.69) is 14.7 Å². The minimum absolute atomic E-state index is 0.451. The molecule has 1 aromatic rings. The topological polar surface area (TPSA) is 46.5 Å². The molecule has 0 aromatic carbocycles. The highest BCUT2D eigenvalue weighted by atomic mass is 35.5. The van der Waals surface area contributed by atoms with Crippen molar-refractivity contribution in [1.82, 2.24) is 9.71 Å². The first-order valence-electron chi connectivity index (χ1n) is 5.11. The average Bonchev–Trinajstić information content (AvgIpc) is 3.09. The maximum atomic E-state index is 5.81. The van der Waals surface area contributed by atoms with Gasteiger partial charge in [-0.15, -0.1) is 0 Å². The Labute approximate surface area is 103 Å². The fraction of sp³-hybridized carbons (Fsp3) is 0.400. The Hall–Kier alpha value is -0.940. The lowest BCUT2D eigenvalue weighted by Gasteiger charge is -2.16. The Kier molecular flexibility index (Phi) is 2.65. The normalized spacial score (nSPS) is 18.4. The second-order valence-electron chi connectivity index (χ2n) is 3.85. The molecular formula is C10H10ClN3OS. The molecule has 0 amide bonds. The van der Waals surface area contributed by atoms with Crippen LogP contribution in [0.25, 0.3) is 0 Å². The van der Waals surface area contributed by atoms with E-state index in [-0.39, 0.29) is 0 Å². The Morgan fingerprint density at radius 3 is 3.25 bits per heavy atom. The molecule has 2 heterocycles. The zero-order valence-electron chi connectivity index (χ0n) is 8.44. The molecule has 1 aliphatic carbocycles. The second kappa shape index (κ2) is 4.14. The highest BCUT2D eigenvalue weighted by Gasteiger charge is 2.23. The molecule has 0 unspecified atom stereocenters. The van der Waals surface area contributed by atoms with Crippen LogP contribution in [0.2, 0.25) is 5.15 Å². The summed E-state index contributed by atoms with van der Waals surface area (Å²) >= 11 is 7.26. The van der Waals surface area contributed by atoms with Gasteiger partial charge in [-0.1, -0.05) is 11.6 Å². The predicted octanol–water partition coefficient (Wildman–Crippen LogP) is 2.76. The van der Waals surface area contributed by atoms with Crippen molar-refractivity contribution in [2.75, 3.05) is 6.61 Å². The first kappa shape index (κ1) is 10.2. The number of aromatic nitrogens is 1. The van der Waals surface area contributed by atoms with Gasteiger partial charge in [0.25, 0.3) is 0 Å². The van der Waals surface area contributed by atoms with Crippen LogP contribution in [0.1, 0.15) is 12.8 Å². The molecule has 2 aliphatic rings. The number of halogens is 1. The highest BCUT2D eigenvalue weighted by molar-refractivity contribution is 7.98. The number of ether oxygens (including phenoxy) is 1. The first-order valence-corrected chi connectivity index (χ1v) is 6.30. The van der Waals surface area contributed by atoms with Gasteiger partial charge in [0.15, 0.2) is 0 Å². The van der Waals surface area contributed by atoms with Crippen LogP contribution in [0.4, 0.5) is 5.69 Å². The summed E-state index contributed by atoms with van der Waals surface area (Å²) in [4.78, 5) is 9.30. The second-order valence-corrected chi connectivity index (χ2v) is 5.09. The lowest BCUT2D eigenvalue weighted by atomic mass is 10.4. The molecule has 0 spiro atoms. The highest BCUT2D eigenvalue weighted by Crippen LogP contribution is 2.33. The monoisotopic (exact) mass is 255 g/mol. The number of amidine groups is 1. The molecule has 1 fully saturated rings. The number of nitrogens with one attached hydrogen (secondary N) is 1. The van der Waals surface area contributed by atoms with Gasteiger partial charge >= 0.3 is 6.02 Å². The van der Waals surface area contributed by atoms with Crippen molar-refractivity contribution in [1.29, 1.82) is 0 Å². The van der Waals surface area contributed by atoms with Gasteiger partial charge in [0.05, 0.1) is 17.2 Å². The van der Waals surface area contributed by atoms with Gasteiger partial charge in [0, 0.05) is 12.3 Å². The van der Waals surface area contributed by atoms with E-state index in [1.54, 1.807) is 12.3 Å². The van der Waals surface area contributed by atoms with Crippen LogP contribution in [0, 0.1) is 5.92 Å². The number of hydrogen-bond acceptors (Lipinski definition) is 5. The molecule has 84 valence electrons. The smallest absolute Gasteiger partial charge is 0.300 e. The molecule has 0 saturated heterocycles. The van der Waals surface area contributed by atoms with E-state index < -0.39 is 0 Å². The van der Waals surface area contributed by atoms with Gasteiger partial charge in [-0.2, -0.15) is 4.99 Å². The number of aliphatic imine (C=N–C) groups is 1. The van der Waals surface area contributed by atoms with Crippen molar-refractivity contribution in [2.24, 2.45) is 10.9 Å². The summed E-state index contributed by atoms with van der Waals surface area (Å²) in [5, 5.41) is 0.451. The largest absolute Gasteiger partial charge is 0.464 e. The van der Waals surface area contributed by atoms with E-state index in [1.165, 1.54) is 24.8 Å². The van der Waals surface area contributed by atoms with E-state index in [9.17, 15) is 0 Å². The van der Waals surface area contributed by atoms with Crippen LogP contribution < -0.4 is 4.72 Å². The zero-order valence-corrected chi connectivity index (χ0v) is 10.0. The first-order chi connectivity index (χ1) is 7.81. The van der Waals surface area contributed by atoms with Crippen molar-refractivity contribution in [3.63, 3.8) is 0 Å². The predicted molar refractivity (Wildman–Crippen MR) is 64.0 cm³/mol. The van der Waals surface area contributed by atoms with Crippen molar-refractivity contribution in [3.8, 4) is 0 Å². The van der Waals surface area contributed by atoms with Gasteiger partial charge in [-0.25, -0.2) is 4.98 Å². The summed E-state index contributed by atoms with van der Waals surface area (Å²) < 4.78 is 8.60. The average molecular weight is 256 g/mol. The molecule has 1 saturated carbocycles. The number of hydrogen-bond donors (Lipinski definition) is 1. The molecule has 1 aromatic heterocycles. The van der Waals surface area contributed by atoms with E-state index in [0.29, 0.717) is 11.2 Å². The molecule has 3 rings (SSSR count). The van der Waals surface area contributed by atoms with E-state index in [0.717, 1.165) is 23.1 Å². The molecular weight excluding hydrogens is 246 g/mol. The molecule has 1 N–H and O–H groups in total. The van der Waals surface area contributed by atoms with Crippen LogP contribution in [-0.4, -0.2) is 17.6 Å². The molecule has 16 heavy (non-hydrogen) atoms. The molecule has 0 bridgehead atoms. The molecule has 0 atom stereocenters. The number of pyridine rings is 1. The summed E-state index contributed by atoms with van der Waals surface area (Å²) in [6, 6.07) is 2.30. The maximum absolute atomic E-state index is 5.81. The third kappa shape index (κ3) is 2.25. The number of rotatable bonds is 2. The molecule has 6 heteroatoms. The standard InChI is InChI=1S/C10H10ClN3OS/c11-9-3-7-8(4-12-9)16-14-10(13-7)15-5-6-1-2-6/h3-4,6H,1-2,5H2,(H,13,14). The molecule has 1 aliphatic heterocycles. The SMILES string of the molecule is Clc1cc2c(cn1)SNC(OCC1CC1)=N2. The molecule has 4 nitrogen and oxygen atoms in total. The minimum atomic E-state index is 0.451. The third-order valence-electron chi connectivity index (χ3n) is 2.44.